The minimum atomic E-state index is 0.608. The minimum Gasteiger partial charge on any atom is -0.307 e. The van der Waals surface area contributed by atoms with E-state index in [4.69, 9.17) is 4.98 Å². The van der Waals surface area contributed by atoms with Crippen LogP contribution in [0.2, 0.25) is 0 Å². The number of hydrogen-bond acceptors (Lipinski definition) is 2. The summed E-state index contributed by atoms with van der Waals surface area (Å²) in [6, 6.07) is 58.5. The molecule has 3 heterocycles. The van der Waals surface area contributed by atoms with Crippen LogP contribution in [0.5, 0.6) is 0 Å². The van der Waals surface area contributed by atoms with E-state index in [1.165, 1.54) is 54.9 Å². The second-order valence-electron chi connectivity index (χ2n) is 14.2. The molecule has 0 aliphatic rings. The summed E-state index contributed by atoms with van der Waals surface area (Å²) >= 11 is 0. The Labute approximate surface area is 313 Å². The number of hydrogen-bond donors (Lipinski definition) is 0. The molecule has 0 atom stereocenters. The molecular formula is C50H34N4. The van der Waals surface area contributed by atoms with E-state index in [-0.39, 0.29) is 0 Å². The average molecular weight is 691 g/mol. The van der Waals surface area contributed by atoms with Gasteiger partial charge in [0.15, 0.2) is 0 Å². The number of rotatable bonds is 5. The van der Waals surface area contributed by atoms with Gasteiger partial charge in [-0.2, -0.15) is 5.26 Å². The topological polar surface area (TPSA) is 46.5 Å². The smallest absolute Gasteiger partial charge is 0.0991 e. The van der Waals surface area contributed by atoms with E-state index in [1.54, 1.807) is 0 Å². The third kappa shape index (κ3) is 5.02. The van der Waals surface area contributed by atoms with Gasteiger partial charge in [0.25, 0.3) is 0 Å². The van der Waals surface area contributed by atoms with Crippen molar-refractivity contribution in [2.45, 2.75) is 13.8 Å². The molecule has 4 heteroatoms. The summed E-state index contributed by atoms with van der Waals surface area (Å²) in [5.41, 5.74) is 16.0. The number of benzene rings is 7. The monoisotopic (exact) mass is 690 g/mol. The van der Waals surface area contributed by atoms with Gasteiger partial charge in [-0.25, -0.2) is 0 Å². The first-order chi connectivity index (χ1) is 26.6. The molecule has 0 aliphatic heterocycles. The van der Waals surface area contributed by atoms with Gasteiger partial charge in [-0.3, -0.25) is 4.98 Å². The Morgan fingerprint density at radius 3 is 1.41 bits per heavy atom. The van der Waals surface area contributed by atoms with Crippen molar-refractivity contribution in [1.29, 1.82) is 5.26 Å². The maximum Gasteiger partial charge on any atom is 0.0991 e. The number of nitriles is 1. The first-order valence-corrected chi connectivity index (χ1v) is 18.3. The molecule has 0 N–H and O–H groups in total. The van der Waals surface area contributed by atoms with Crippen molar-refractivity contribution in [2.75, 3.05) is 0 Å². The molecule has 0 unspecified atom stereocenters. The molecule has 3 aromatic heterocycles. The zero-order valence-electron chi connectivity index (χ0n) is 30.0. The number of nitrogens with zero attached hydrogens (tertiary/aromatic N) is 4. The fraction of sp³-hybridized carbons (Fsp3) is 0.0400. The second-order valence-corrected chi connectivity index (χ2v) is 14.2. The molecule has 0 amide bonds. The highest BCUT2D eigenvalue weighted by Crippen LogP contribution is 2.43. The summed E-state index contributed by atoms with van der Waals surface area (Å²) in [7, 11) is 0. The molecule has 0 radical (unpaired) electrons. The average Bonchev–Trinajstić information content (AvgIpc) is 3.72. The Bertz CT molecular complexity index is 2970. The van der Waals surface area contributed by atoms with Crippen LogP contribution in [0, 0.1) is 25.2 Å². The van der Waals surface area contributed by atoms with Crippen molar-refractivity contribution in [3.05, 3.63) is 187 Å². The van der Waals surface area contributed by atoms with Crippen LogP contribution in [0.25, 0.3) is 88.4 Å². The first-order valence-electron chi connectivity index (χ1n) is 18.3. The molecule has 254 valence electrons. The van der Waals surface area contributed by atoms with Crippen LogP contribution in [-0.2, 0) is 0 Å². The molecule has 0 saturated heterocycles. The lowest BCUT2D eigenvalue weighted by molar-refractivity contribution is 1.09. The number of aryl methyl sites for hydroxylation is 2. The van der Waals surface area contributed by atoms with Gasteiger partial charge < -0.3 is 9.13 Å². The van der Waals surface area contributed by atoms with Crippen LogP contribution in [0.15, 0.2) is 170 Å². The van der Waals surface area contributed by atoms with Crippen molar-refractivity contribution in [3.8, 4) is 50.8 Å². The molecule has 10 rings (SSSR count). The standard InChI is InChI=1S/C50H34N4/c1-32-10-7-13-35(24-32)37-20-22-46-42(27-37)40-16-3-5-18-44(40)53(46)48-30-52-31-49(50(48)39-15-9-12-34(26-39)29-51)54-45-19-6-4-17-41(45)43-28-38(21-23-47(43)54)36-14-8-11-33(2)25-36/h3-28,30-31H,1-2H3. The third-order valence-corrected chi connectivity index (χ3v) is 10.7. The largest absolute Gasteiger partial charge is 0.307 e. The Hall–Kier alpha value is -7.22. The highest BCUT2D eigenvalue weighted by molar-refractivity contribution is 6.13. The van der Waals surface area contributed by atoms with Crippen LogP contribution in [0.4, 0.5) is 0 Å². The summed E-state index contributed by atoms with van der Waals surface area (Å²) in [5, 5.41) is 14.8. The van der Waals surface area contributed by atoms with Crippen molar-refractivity contribution >= 4 is 43.6 Å². The number of fused-ring (bicyclic) bond motifs is 6. The normalized spacial score (nSPS) is 11.5. The highest BCUT2D eigenvalue weighted by atomic mass is 15.0. The van der Waals surface area contributed by atoms with Crippen LogP contribution in [0.1, 0.15) is 16.7 Å². The van der Waals surface area contributed by atoms with Crippen LogP contribution < -0.4 is 0 Å². The van der Waals surface area contributed by atoms with E-state index >= 15 is 0 Å². The van der Waals surface area contributed by atoms with Crippen LogP contribution in [-0.4, -0.2) is 14.1 Å². The SMILES string of the molecule is Cc1cccc(-c2ccc3c(c2)c2ccccc2n3-c2cncc(-n3c4ccccc4c4cc(-c5cccc(C)c5)ccc43)c2-c2cccc(C#N)c2)c1. The fourth-order valence-electron chi connectivity index (χ4n) is 8.29. The lowest BCUT2D eigenvalue weighted by Crippen LogP contribution is -2.05. The van der Waals surface area contributed by atoms with Gasteiger partial charge in [-0.05, 0) is 90.2 Å². The van der Waals surface area contributed by atoms with Gasteiger partial charge in [0.2, 0.25) is 0 Å². The predicted octanol–water partition coefficient (Wildman–Crippen LogP) is 12.8. The lowest BCUT2D eigenvalue weighted by Gasteiger charge is -2.19. The molecule has 54 heavy (non-hydrogen) atoms. The quantitative estimate of drug-likeness (QED) is 0.180. The Morgan fingerprint density at radius 2 is 0.889 bits per heavy atom. The molecule has 0 spiro atoms. The van der Waals surface area contributed by atoms with Gasteiger partial charge in [0, 0.05) is 27.1 Å². The van der Waals surface area contributed by atoms with Crippen molar-refractivity contribution in [1.82, 2.24) is 14.1 Å². The van der Waals surface area contributed by atoms with Gasteiger partial charge in [0.05, 0.1) is 57.5 Å². The zero-order chi connectivity index (χ0) is 36.3. The Morgan fingerprint density at radius 1 is 0.426 bits per heavy atom. The van der Waals surface area contributed by atoms with Crippen LogP contribution in [0.3, 0.4) is 0 Å². The fourth-order valence-corrected chi connectivity index (χ4v) is 8.29. The van der Waals surface area contributed by atoms with Crippen molar-refractivity contribution < 1.29 is 0 Å². The molecule has 7 aromatic carbocycles. The zero-order valence-corrected chi connectivity index (χ0v) is 30.0. The van der Waals surface area contributed by atoms with Crippen molar-refractivity contribution in [2.24, 2.45) is 0 Å². The lowest BCUT2D eigenvalue weighted by atomic mass is 10.00. The van der Waals surface area contributed by atoms with Crippen molar-refractivity contribution in [3.63, 3.8) is 0 Å². The summed E-state index contributed by atoms with van der Waals surface area (Å²) in [6.45, 7) is 4.27. The maximum atomic E-state index is 10.1. The van der Waals surface area contributed by atoms with Crippen LogP contribution >= 0.6 is 0 Å². The molecule has 0 bridgehead atoms. The molecule has 10 aromatic rings. The van der Waals surface area contributed by atoms with E-state index in [2.05, 4.69) is 169 Å². The van der Waals surface area contributed by atoms with E-state index < -0.39 is 0 Å². The number of pyridine rings is 1. The van der Waals surface area contributed by atoms with E-state index in [1.807, 2.05) is 30.6 Å². The molecule has 0 aliphatic carbocycles. The van der Waals surface area contributed by atoms with E-state index in [9.17, 15) is 5.26 Å². The van der Waals surface area contributed by atoms with Gasteiger partial charge in [-0.15, -0.1) is 0 Å². The summed E-state index contributed by atoms with van der Waals surface area (Å²) in [4.78, 5) is 5.00. The summed E-state index contributed by atoms with van der Waals surface area (Å²) in [5.74, 6) is 0. The molecule has 0 saturated carbocycles. The second kappa shape index (κ2) is 12.5. The van der Waals surface area contributed by atoms with E-state index in [0.29, 0.717) is 5.56 Å². The molecule has 4 nitrogen and oxygen atoms in total. The highest BCUT2D eigenvalue weighted by Gasteiger charge is 2.23. The maximum absolute atomic E-state index is 10.1. The molecular weight excluding hydrogens is 657 g/mol. The van der Waals surface area contributed by atoms with E-state index in [0.717, 1.165) is 44.6 Å². The van der Waals surface area contributed by atoms with Gasteiger partial charge >= 0.3 is 0 Å². The Balaban J connectivity index is 1.29. The third-order valence-electron chi connectivity index (χ3n) is 10.7. The minimum absolute atomic E-state index is 0.608. The first kappa shape index (κ1) is 31.5. The number of para-hydroxylation sites is 2. The van der Waals surface area contributed by atoms with Gasteiger partial charge in [-0.1, -0.05) is 120 Å². The summed E-state index contributed by atoms with van der Waals surface area (Å²) in [6.07, 6.45) is 3.95. The summed E-state index contributed by atoms with van der Waals surface area (Å²) < 4.78 is 4.69. The van der Waals surface area contributed by atoms with Gasteiger partial charge in [0.1, 0.15) is 0 Å². The number of aromatic nitrogens is 3. The predicted molar refractivity (Wildman–Crippen MR) is 223 cm³/mol. The molecule has 0 fully saturated rings. The Kier molecular flexibility index (Phi) is 7.28.